The Kier molecular flexibility index (Phi) is 5.22. The van der Waals surface area contributed by atoms with Crippen molar-refractivity contribution >= 4 is 5.71 Å². The van der Waals surface area contributed by atoms with Gasteiger partial charge in [-0.3, -0.25) is 4.99 Å². The van der Waals surface area contributed by atoms with E-state index in [0.29, 0.717) is 0 Å². The number of nitrogens with zero attached hydrogens (tertiary/aromatic N) is 1. The maximum absolute atomic E-state index is 5.48. The van der Waals surface area contributed by atoms with Gasteiger partial charge >= 0.3 is 0 Å². The van der Waals surface area contributed by atoms with Crippen LogP contribution in [0.3, 0.4) is 0 Å². The van der Waals surface area contributed by atoms with Crippen LogP contribution in [0.4, 0.5) is 0 Å². The largest absolute Gasteiger partial charge is 0.310 e. The summed E-state index contributed by atoms with van der Waals surface area (Å²) in [5, 5.41) is 0. The van der Waals surface area contributed by atoms with Gasteiger partial charge in [0.1, 0.15) is 0 Å². The Morgan fingerprint density at radius 1 is 1.60 bits per heavy atom. The molecule has 1 unspecified atom stereocenters. The molecular formula is C8H18N2. The van der Waals surface area contributed by atoms with E-state index < -0.39 is 0 Å². The van der Waals surface area contributed by atoms with Gasteiger partial charge in [-0.2, -0.15) is 0 Å². The number of aliphatic imine (C=N–C) groups is 1. The zero-order valence-electron chi connectivity index (χ0n) is 7.22. The lowest BCUT2D eigenvalue weighted by atomic mass is 10.2. The first-order valence-electron chi connectivity index (χ1n) is 3.95. The van der Waals surface area contributed by atoms with Gasteiger partial charge in [0.2, 0.25) is 0 Å². The Balaban J connectivity index is 3.49. The second kappa shape index (κ2) is 5.42. The molecule has 0 aromatic rings. The molecule has 0 radical (unpaired) electrons. The molecule has 0 spiro atoms. The SMILES string of the molecule is CCCCC(C)=NC(C)N. The second-order valence-electron chi connectivity index (χ2n) is 2.71. The molecule has 0 saturated heterocycles. The molecule has 0 aliphatic rings. The van der Waals surface area contributed by atoms with Crippen LogP contribution in [0, 0.1) is 0 Å². The van der Waals surface area contributed by atoms with E-state index in [-0.39, 0.29) is 6.17 Å². The van der Waals surface area contributed by atoms with Crippen molar-refractivity contribution in [3.63, 3.8) is 0 Å². The first-order valence-corrected chi connectivity index (χ1v) is 3.95. The van der Waals surface area contributed by atoms with Gasteiger partial charge < -0.3 is 5.73 Å². The van der Waals surface area contributed by atoms with Gasteiger partial charge in [0, 0.05) is 5.71 Å². The molecule has 0 aliphatic carbocycles. The molecule has 0 amide bonds. The zero-order valence-corrected chi connectivity index (χ0v) is 7.22. The van der Waals surface area contributed by atoms with Crippen molar-refractivity contribution in [3.05, 3.63) is 0 Å². The normalized spacial score (nSPS) is 15.4. The van der Waals surface area contributed by atoms with Gasteiger partial charge in [0.15, 0.2) is 0 Å². The topological polar surface area (TPSA) is 38.4 Å². The molecule has 2 N–H and O–H groups in total. The van der Waals surface area contributed by atoms with Gasteiger partial charge in [0.05, 0.1) is 6.17 Å². The molecule has 0 saturated carbocycles. The predicted octanol–water partition coefficient (Wildman–Crippen LogP) is 1.94. The first kappa shape index (κ1) is 9.63. The van der Waals surface area contributed by atoms with E-state index in [1.165, 1.54) is 18.6 Å². The van der Waals surface area contributed by atoms with Gasteiger partial charge in [-0.25, -0.2) is 0 Å². The van der Waals surface area contributed by atoms with E-state index in [0.717, 1.165) is 6.42 Å². The van der Waals surface area contributed by atoms with Gasteiger partial charge in [-0.05, 0) is 26.7 Å². The maximum Gasteiger partial charge on any atom is 0.0940 e. The lowest BCUT2D eigenvalue weighted by Gasteiger charge is -2.01. The van der Waals surface area contributed by atoms with Gasteiger partial charge in [0.25, 0.3) is 0 Å². The molecule has 0 bridgehead atoms. The number of hydrogen-bond donors (Lipinski definition) is 1. The van der Waals surface area contributed by atoms with E-state index in [2.05, 4.69) is 11.9 Å². The molecule has 0 fully saturated rings. The van der Waals surface area contributed by atoms with E-state index in [1.807, 2.05) is 13.8 Å². The molecule has 10 heavy (non-hydrogen) atoms. The van der Waals surface area contributed by atoms with Crippen molar-refractivity contribution in [1.82, 2.24) is 0 Å². The van der Waals surface area contributed by atoms with Crippen molar-refractivity contribution in [2.24, 2.45) is 10.7 Å². The van der Waals surface area contributed by atoms with Gasteiger partial charge in [-0.1, -0.05) is 13.3 Å². The van der Waals surface area contributed by atoms with E-state index in [1.54, 1.807) is 0 Å². The Bertz CT molecular complexity index is 106. The summed E-state index contributed by atoms with van der Waals surface area (Å²) >= 11 is 0. The Labute approximate surface area is 63.5 Å². The molecule has 0 heterocycles. The van der Waals surface area contributed by atoms with Gasteiger partial charge in [-0.15, -0.1) is 0 Å². The Morgan fingerprint density at radius 3 is 2.60 bits per heavy atom. The maximum atomic E-state index is 5.48. The van der Waals surface area contributed by atoms with Crippen LogP contribution in [0.25, 0.3) is 0 Å². The minimum Gasteiger partial charge on any atom is -0.310 e. The molecule has 0 aromatic carbocycles. The average Bonchev–Trinajstić information content (AvgIpc) is 1.82. The quantitative estimate of drug-likeness (QED) is 0.598. The summed E-state index contributed by atoms with van der Waals surface area (Å²) in [7, 11) is 0. The van der Waals surface area contributed by atoms with Crippen LogP contribution in [0.2, 0.25) is 0 Å². The van der Waals surface area contributed by atoms with Crippen LogP contribution >= 0.6 is 0 Å². The highest BCUT2D eigenvalue weighted by atomic mass is 14.9. The molecular weight excluding hydrogens is 124 g/mol. The van der Waals surface area contributed by atoms with Crippen molar-refractivity contribution in [2.75, 3.05) is 0 Å². The van der Waals surface area contributed by atoms with E-state index in [4.69, 9.17) is 5.73 Å². The number of nitrogens with two attached hydrogens (primary N) is 1. The zero-order chi connectivity index (χ0) is 7.98. The summed E-state index contributed by atoms with van der Waals surface area (Å²) in [5.41, 5.74) is 6.66. The van der Waals surface area contributed by atoms with Crippen LogP contribution < -0.4 is 5.73 Å². The van der Waals surface area contributed by atoms with Crippen molar-refractivity contribution in [2.45, 2.75) is 46.2 Å². The molecule has 2 heteroatoms. The molecule has 2 nitrogen and oxygen atoms in total. The van der Waals surface area contributed by atoms with Crippen molar-refractivity contribution < 1.29 is 0 Å². The molecule has 1 atom stereocenters. The summed E-state index contributed by atoms with van der Waals surface area (Å²) in [4.78, 5) is 4.21. The standard InChI is InChI=1S/C8H18N2/c1-4-5-6-7(2)10-8(3)9/h8H,4-6,9H2,1-3H3. The number of hydrogen-bond acceptors (Lipinski definition) is 2. The van der Waals surface area contributed by atoms with E-state index >= 15 is 0 Å². The van der Waals surface area contributed by atoms with Crippen LogP contribution in [0.1, 0.15) is 40.0 Å². The summed E-state index contributed by atoms with van der Waals surface area (Å²) in [6.07, 6.45) is 3.52. The van der Waals surface area contributed by atoms with Crippen LogP contribution in [-0.2, 0) is 0 Å². The summed E-state index contributed by atoms with van der Waals surface area (Å²) in [6.45, 7) is 6.12. The van der Waals surface area contributed by atoms with Crippen LogP contribution in [-0.4, -0.2) is 11.9 Å². The second-order valence-corrected chi connectivity index (χ2v) is 2.71. The minimum absolute atomic E-state index is 0.0307. The average molecular weight is 142 g/mol. The fourth-order valence-electron chi connectivity index (χ4n) is 0.845. The smallest absolute Gasteiger partial charge is 0.0940 e. The highest BCUT2D eigenvalue weighted by Gasteiger charge is 1.91. The van der Waals surface area contributed by atoms with E-state index in [9.17, 15) is 0 Å². The number of unbranched alkanes of at least 4 members (excludes halogenated alkanes) is 1. The predicted molar refractivity (Wildman–Crippen MR) is 46.3 cm³/mol. The molecule has 0 aromatic heterocycles. The third kappa shape index (κ3) is 5.76. The van der Waals surface area contributed by atoms with Crippen LogP contribution in [0.5, 0.6) is 0 Å². The van der Waals surface area contributed by atoms with Crippen molar-refractivity contribution in [3.8, 4) is 0 Å². The highest BCUT2D eigenvalue weighted by Crippen LogP contribution is 1.97. The third-order valence-corrected chi connectivity index (χ3v) is 1.32. The molecule has 60 valence electrons. The molecule has 0 rings (SSSR count). The monoisotopic (exact) mass is 142 g/mol. The number of rotatable bonds is 4. The minimum atomic E-state index is -0.0307. The first-order chi connectivity index (χ1) is 4.66. The Morgan fingerprint density at radius 2 is 2.20 bits per heavy atom. The molecule has 0 aliphatic heterocycles. The summed E-state index contributed by atoms with van der Waals surface area (Å²) in [5.74, 6) is 0. The lowest BCUT2D eigenvalue weighted by molar-refractivity contribution is 0.771. The fraction of sp³-hybridized carbons (Fsp3) is 0.875. The summed E-state index contributed by atoms with van der Waals surface area (Å²) in [6, 6.07) is 0. The third-order valence-electron chi connectivity index (χ3n) is 1.32. The van der Waals surface area contributed by atoms with Crippen molar-refractivity contribution in [1.29, 1.82) is 0 Å². The van der Waals surface area contributed by atoms with Crippen LogP contribution in [0.15, 0.2) is 4.99 Å². The Hall–Kier alpha value is -0.370. The summed E-state index contributed by atoms with van der Waals surface area (Å²) < 4.78 is 0. The lowest BCUT2D eigenvalue weighted by Crippen LogP contribution is -2.13. The fourth-order valence-corrected chi connectivity index (χ4v) is 0.845. The highest BCUT2D eigenvalue weighted by molar-refractivity contribution is 5.81.